The van der Waals surface area contributed by atoms with Gasteiger partial charge in [-0.2, -0.15) is 0 Å². The van der Waals surface area contributed by atoms with Crippen molar-refractivity contribution in [2.75, 3.05) is 19.6 Å². The van der Waals surface area contributed by atoms with E-state index < -0.39 is 0 Å². The van der Waals surface area contributed by atoms with Gasteiger partial charge in [0.15, 0.2) is 0 Å². The number of hydrogen-bond acceptors (Lipinski definition) is 2. The Morgan fingerprint density at radius 3 is 3.00 bits per heavy atom. The van der Waals surface area contributed by atoms with Gasteiger partial charge in [0.2, 0.25) is 5.91 Å². The first kappa shape index (κ1) is 12.4. The Kier molecular flexibility index (Phi) is 4.02. The third-order valence-corrected chi connectivity index (χ3v) is 3.45. The van der Waals surface area contributed by atoms with E-state index in [0.717, 1.165) is 25.1 Å². The largest absolute Gasteiger partial charge is 0.342 e. The summed E-state index contributed by atoms with van der Waals surface area (Å²) in [5.74, 6) is 0.640. The van der Waals surface area contributed by atoms with Crippen LogP contribution in [0.2, 0.25) is 5.02 Å². The Morgan fingerprint density at radius 1 is 1.53 bits per heavy atom. The third kappa shape index (κ3) is 3.20. The topological polar surface area (TPSA) is 46.3 Å². The predicted octanol–water partition coefficient (Wildman–Crippen LogP) is 1.69. The van der Waals surface area contributed by atoms with Gasteiger partial charge >= 0.3 is 0 Å². The van der Waals surface area contributed by atoms with E-state index in [4.69, 9.17) is 17.3 Å². The molecule has 0 aliphatic carbocycles. The molecule has 1 aromatic rings. The van der Waals surface area contributed by atoms with Crippen LogP contribution in [0.3, 0.4) is 0 Å². The van der Waals surface area contributed by atoms with Crippen LogP contribution >= 0.6 is 11.6 Å². The average molecular weight is 253 g/mol. The van der Waals surface area contributed by atoms with Crippen molar-refractivity contribution in [1.29, 1.82) is 0 Å². The van der Waals surface area contributed by atoms with Gasteiger partial charge in [-0.05, 0) is 36.6 Å². The van der Waals surface area contributed by atoms with E-state index in [0.29, 0.717) is 23.9 Å². The monoisotopic (exact) mass is 252 g/mol. The van der Waals surface area contributed by atoms with E-state index in [9.17, 15) is 4.79 Å². The van der Waals surface area contributed by atoms with Crippen molar-refractivity contribution in [3.8, 4) is 0 Å². The van der Waals surface area contributed by atoms with Crippen molar-refractivity contribution in [2.45, 2.75) is 12.8 Å². The molecule has 0 spiro atoms. The van der Waals surface area contributed by atoms with Gasteiger partial charge in [-0.15, -0.1) is 0 Å². The minimum atomic E-state index is 0.170. The molecular formula is C13H17ClN2O. The molecule has 1 saturated heterocycles. The molecule has 0 unspecified atom stereocenters. The number of rotatable bonds is 3. The fourth-order valence-corrected chi connectivity index (χ4v) is 2.40. The van der Waals surface area contributed by atoms with Gasteiger partial charge in [-0.25, -0.2) is 0 Å². The van der Waals surface area contributed by atoms with Crippen LogP contribution in [0.25, 0.3) is 0 Å². The molecule has 1 aliphatic heterocycles. The second-order valence-electron chi connectivity index (χ2n) is 4.54. The summed E-state index contributed by atoms with van der Waals surface area (Å²) in [6.45, 7) is 2.30. The highest BCUT2D eigenvalue weighted by Crippen LogP contribution is 2.17. The van der Waals surface area contributed by atoms with E-state index in [2.05, 4.69) is 0 Å². The number of carbonyl (C=O) groups excluding carboxylic acids is 1. The fraction of sp³-hybridized carbons (Fsp3) is 0.462. The summed E-state index contributed by atoms with van der Waals surface area (Å²) >= 11 is 5.89. The van der Waals surface area contributed by atoms with E-state index in [1.807, 2.05) is 29.2 Å². The molecule has 1 aromatic carbocycles. The molecule has 92 valence electrons. The molecular weight excluding hydrogens is 236 g/mol. The Labute approximate surface area is 107 Å². The normalized spacial score (nSPS) is 19.6. The van der Waals surface area contributed by atoms with E-state index in [1.54, 1.807) is 0 Å². The lowest BCUT2D eigenvalue weighted by Gasteiger charge is -2.16. The smallest absolute Gasteiger partial charge is 0.227 e. The van der Waals surface area contributed by atoms with Crippen molar-refractivity contribution in [3.05, 3.63) is 34.9 Å². The second-order valence-corrected chi connectivity index (χ2v) is 4.97. The summed E-state index contributed by atoms with van der Waals surface area (Å²) in [5.41, 5.74) is 6.58. The van der Waals surface area contributed by atoms with Gasteiger partial charge in [0.25, 0.3) is 0 Å². The Bertz CT molecular complexity index is 408. The van der Waals surface area contributed by atoms with Crippen molar-refractivity contribution in [1.82, 2.24) is 4.90 Å². The van der Waals surface area contributed by atoms with Crippen molar-refractivity contribution < 1.29 is 4.79 Å². The molecule has 1 fully saturated rings. The standard InChI is InChI=1S/C13H17ClN2O/c14-12-3-1-2-10(6-12)7-13(17)16-5-4-11(8-15)9-16/h1-3,6,11H,4-5,7-9,15H2/t11-/m0/s1. The van der Waals surface area contributed by atoms with Crippen LogP contribution in [-0.2, 0) is 11.2 Å². The lowest BCUT2D eigenvalue weighted by Crippen LogP contribution is -2.31. The quantitative estimate of drug-likeness (QED) is 0.890. The zero-order chi connectivity index (χ0) is 12.3. The Hall–Kier alpha value is -1.06. The molecule has 4 heteroatoms. The third-order valence-electron chi connectivity index (χ3n) is 3.22. The number of likely N-dealkylation sites (tertiary alicyclic amines) is 1. The molecule has 2 rings (SSSR count). The Morgan fingerprint density at radius 2 is 2.35 bits per heavy atom. The number of nitrogens with zero attached hydrogens (tertiary/aromatic N) is 1. The summed E-state index contributed by atoms with van der Waals surface area (Å²) in [6.07, 6.45) is 1.45. The van der Waals surface area contributed by atoms with Crippen LogP contribution in [0.4, 0.5) is 0 Å². The summed E-state index contributed by atoms with van der Waals surface area (Å²) in [6, 6.07) is 7.46. The molecule has 0 aromatic heterocycles. The fourth-order valence-electron chi connectivity index (χ4n) is 2.18. The maximum atomic E-state index is 12.0. The highest BCUT2D eigenvalue weighted by atomic mass is 35.5. The molecule has 1 heterocycles. The minimum absolute atomic E-state index is 0.170. The maximum Gasteiger partial charge on any atom is 0.227 e. The molecule has 2 N–H and O–H groups in total. The molecule has 1 amide bonds. The van der Waals surface area contributed by atoms with E-state index in [-0.39, 0.29) is 5.91 Å². The number of nitrogens with two attached hydrogens (primary N) is 1. The number of halogens is 1. The molecule has 1 atom stereocenters. The van der Waals surface area contributed by atoms with Crippen LogP contribution in [0.15, 0.2) is 24.3 Å². The Balaban J connectivity index is 1.93. The van der Waals surface area contributed by atoms with Crippen molar-refractivity contribution in [2.24, 2.45) is 11.7 Å². The number of benzene rings is 1. The highest BCUT2D eigenvalue weighted by Gasteiger charge is 2.24. The lowest BCUT2D eigenvalue weighted by atomic mass is 10.1. The van der Waals surface area contributed by atoms with Crippen LogP contribution in [-0.4, -0.2) is 30.4 Å². The first-order valence-electron chi connectivity index (χ1n) is 5.91. The zero-order valence-electron chi connectivity index (χ0n) is 9.73. The first-order valence-corrected chi connectivity index (χ1v) is 6.29. The average Bonchev–Trinajstić information content (AvgIpc) is 2.77. The predicted molar refractivity (Wildman–Crippen MR) is 68.9 cm³/mol. The molecule has 17 heavy (non-hydrogen) atoms. The maximum absolute atomic E-state index is 12.0. The van der Waals surface area contributed by atoms with Crippen LogP contribution in [0, 0.1) is 5.92 Å². The minimum Gasteiger partial charge on any atom is -0.342 e. The SMILES string of the molecule is NC[C@@H]1CCN(C(=O)Cc2cccc(Cl)c2)C1. The van der Waals surface area contributed by atoms with Crippen LogP contribution in [0.1, 0.15) is 12.0 Å². The van der Waals surface area contributed by atoms with Gasteiger partial charge in [0.05, 0.1) is 6.42 Å². The van der Waals surface area contributed by atoms with Gasteiger partial charge in [0, 0.05) is 18.1 Å². The second kappa shape index (κ2) is 5.52. The van der Waals surface area contributed by atoms with Gasteiger partial charge in [0.1, 0.15) is 0 Å². The molecule has 0 saturated carbocycles. The van der Waals surface area contributed by atoms with Crippen molar-refractivity contribution in [3.63, 3.8) is 0 Å². The molecule has 3 nitrogen and oxygen atoms in total. The van der Waals surface area contributed by atoms with Gasteiger partial charge < -0.3 is 10.6 Å². The molecule has 0 bridgehead atoms. The summed E-state index contributed by atoms with van der Waals surface area (Å²) in [7, 11) is 0. The summed E-state index contributed by atoms with van der Waals surface area (Å²) in [4.78, 5) is 13.9. The van der Waals surface area contributed by atoms with Gasteiger partial charge in [-0.1, -0.05) is 23.7 Å². The van der Waals surface area contributed by atoms with Crippen molar-refractivity contribution >= 4 is 17.5 Å². The van der Waals surface area contributed by atoms with E-state index in [1.165, 1.54) is 0 Å². The first-order chi connectivity index (χ1) is 8.19. The number of amides is 1. The zero-order valence-corrected chi connectivity index (χ0v) is 10.5. The van der Waals surface area contributed by atoms with E-state index >= 15 is 0 Å². The molecule has 0 radical (unpaired) electrons. The van der Waals surface area contributed by atoms with Crippen LogP contribution in [0.5, 0.6) is 0 Å². The number of carbonyl (C=O) groups is 1. The summed E-state index contributed by atoms with van der Waals surface area (Å²) in [5, 5.41) is 0.677. The number of hydrogen-bond donors (Lipinski definition) is 1. The lowest BCUT2D eigenvalue weighted by molar-refractivity contribution is -0.129. The summed E-state index contributed by atoms with van der Waals surface area (Å²) < 4.78 is 0. The van der Waals surface area contributed by atoms with Gasteiger partial charge in [-0.3, -0.25) is 4.79 Å². The highest BCUT2D eigenvalue weighted by molar-refractivity contribution is 6.30. The van der Waals surface area contributed by atoms with Crippen LogP contribution < -0.4 is 5.73 Å². The molecule has 1 aliphatic rings.